The number of anilines is 1. The molecule has 0 unspecified atom stereocenters. The first-order valence-corrected chi connectivity index (χ1v) is 7.46. The zero-order valence-corrected chi connectivity index (χ0v) is 10.4. The van der Waals surface area contributed by atoms with E-state index in [4.69, 9.17) is 5.73 Å². The van der Waals surface area contributed by atoms with Gasteiger partial charge in [-0.25, -0.2) is 0 Å². The Hall–Kier alpha value is 0.0700. The van der Waals surface area contributed by atoms with Crippen molar-refractivity contribution in [3.63, 3.8) is 0 Å². The van der Waals surface area contributed by atoms with Gasteiger partial charge in [-0.2, -0.15) is 0 Å². The summed E-state index contributed by atoms with van der Waals surface area (Å²) in [7, 11) is 0. The number of thioether (sulfide) groups is 3. The van der Waals surface area contributed by atoms with E-state index in [1.165, 1.54) is 14.7 Å². The molecule has 0 fully saturated rings. The maximum atomic E-state index is 5.89. The van der Waals surface area contributed by atoms with Crippen molar-refractivity contribution in [1.29, 1.82) is 0 Å². The van der Waals surface area contributed by atoms with Crippen LogP contribution in [0.15, 0.2) is 26.8 Å². The second kappa shape index (κ2) is 5.08. The predicted molar refractivity (Wildman–Crippen MR) is 66.2 cm³/mol. The average Bonchev–Trinajstić information content (AvgIpc) is 2.17. The van der Waals surface area contributed by atoms with E-state index in [1.807, 2.05) is 6.07 Å². The average molecular weight is 231 g/mol. The van der Waals surface area contributed by atoms with Gasteiger partial charge in [-0.05, 0) is 30.9 Å². The largest absolute Gasteiger partial charge is 0.398 e. The zero-order valence-electron chi connectivity index (χ0n) is 7.96. The predicted octanol–water partition coefficient (Wildman–Crippen LogP) is 3.43. The van der Waals surface area contributed by atoms with Crippen LogP contribution in [-0.4, -0.2) is 18.8 Å². The van der Waals surface area contributed by atoms with E-state index < -0.39 is 0 Å². The molecule has 2 N–H and O–H groups in total. The molecule has 4 heteroatoms. The normalized spacial score (nSPS) is 10.4. The third kappa shape index (κ3) is 2.30. The molecular weight excluding hydrogens is 218 g/mol. The molecule has 0 aliphatic heterocycles. The third-order valence-electron chi connectivity index (χ3n) is 1.73. The molecule has 0 aromatic heterocycles. The fourth-order valence-electron chi connectivity index (χ4n) is 1.12. The summed E-state index contributed by atoms with van der Waals surface area (Å²) in [6, 6.07) is 4.07. The lowest BCUT2D eigenvalue weighted by atomic mass is 10.3. The molecule has 13 heavy (non-hydrogen) atoms. The molecule has 1 nitrogen and oxygen atoms in total. The van der Waals surface area contributed by atoms with Crippen LogP contribution in [-0.2, 0) is 0 Å². The van der Waals surface area contributed by atoms with Gasteiger partial charge in [0.15, 0.2) is 0 Å². The summed E-state index contributed by atoms with van der Waals surface area (Å²) in [6.45, 7) is 0. The van der Waals surface area contributed by atoms with Crippen molar-refractivity contribution in [2.45, 2.75) is 14.7 Å². The van der Waals surface area contributed by atoms with Crippen molar-refractivity contribution < 1.29 is 0 Å². The van der Waals surface area contributed by atoms with Crippen molar-refractivity contribution in [3.05, 3.63) is 12.1 Å². The van der Waals surface area contributed by atoms with Gasteiger partial charge < -0.3 is 5.73 Å². The highest BCUT2D eigenvalue weighted by molar-refractivity contribution is 8.03. The van der Waals surface area contributed by atoms with Gasteiger partial charge in [0.25, 0.3) is 0 Å². The van der Waals surface area contributed by atoms with Crippen LogP contribution in [0.3, 0.4) is 0 Å². The van der Waals surface area contributed by atoms with Gasteiger partial charge in [0.1, 0.15) is 0 Å². The molecule has 0 bridgehead atoms. The molecule has 0 heterocycles. The van der Waals surface area contributed by atoms with Crippen LogP contribution in [0.5, 0.6) is 0 Å². The maximum absolute atomic E-state index is 5.89. The van der Waals surface area contributed by atoms with Gasteiger partial charge in [0.2, 0.25) is 0 Å². The number of benzene rings is 1. The number of nitrogen functional groups attached to an aromatic ring is 1. The van der Waals surface area contributed by atoms with Crippen molar-refractivity contribution in [1.82, 2.24) is 0 Å². The monoisotopic (exact) mass is 231 g/mol. The Labute approximate surface area is 92.2 Å². The molecule has 0 atom stereocenters. The Balaban J connectivity index is 3.27. The van der Waals surface area contributed by atoms with Gasteiger partial charge in [0, 0.05) is 20.4 Å². The Kier molecular flexibility index (Phi) is 4.35. The summed E-state index contributed by atoms with van der Waals surface area (Å²) < 4.78 is 0. The Morgan fingerprint density at radius 2 is 1.54 bits per heavy atom. The molecule has 0 saturated heterocycles. The minimum atomic E-state index is 0.884. The van der Waals surface area contributed by atoms with E-state index in [0.717, 1.165) is 5.69 Å². The van der Waals surface area contributed by atoms with E-state index in [-0.39, 0.29) is 0 Å². The van der Waals surface area contributed by atoms with Crippen molar-refractivity contribution in [2.75, 3.05) is 24.5 Å². The van der Waals surface area contributed by atoms with Gasteiger partial charge in [-0.3, -0.25) is 0 Å². The Morgan fingerprint density at radius 3 is 2.00 bits per heavy atom. The van der Waals surface area contributed by atoms with Crippen LogP contribution in [0.1, 0.15) is 0 Å². The number of hydrogen-bond donors (Lipinski definition) is 1. The molecule has 0 spiro atoms. The summed E-state index contributed by atoms with van der Waals surface area (Å²) in [5, 5.41) is 0. The molecular formula is C9H13NS3. The number of rotatable bonds is 3. The highest BCUT2D eigenvalue weighted by Crippen LogP contribution is 2.39. The van der Waals surface area contributed by atoms with Crippen LogP contribution in [0, 0.1) is 0 Å². The van der Waals surface area contributed by atoms with E-state index in [1.54, 1.807) is 35.3 Å². The topological polar surface area (TPSA) is 26.0 Å². The van der Waals surface area contributed by atoms with E-state index in [0.29, 0.717) is 0 Å². The molecule has 0 amide bonds. The number of hydrogen-bond acceptors (Lipinski definition) is 4. The maximum Gasteiger partial charge on any atom is 0.0464 e. The van der Waals surface area contributed by atoms with Crippen LogP contribution < -0.4 is 5.73 Å². The van der Waals surface area contributed by atoms with Crippen LogP contribution >= 0.6 is 35.3 Å². The first-order chi connectivity index (χ1) is 6.24. The standard InChI is InChI=1S/C9H13NS3/c1-11-7-5-4-6(10)8(12-2)9(7)13-3/h4-5H,10H2,1-3H3. The van der Waals surface area contributed by atoms with E-state index >= 15 is 0 Å². The second-order valence-electron chi connectivity index (χ2n) is 2.42. The lowest BCUT2D eigenvalue weighted by molar-refractivity contribution is 1.13. The fourth-order valence-corrected chi connectivity index (χ4v) is 3.85. The second-order valence-corrected chi connectivity index (χ2v) is 4.90. The highest BCUT2D eigenvalue weighted by atomic mass is 32.2. The molecule has 0 aliphatic rings. The third-order valence-corrected chi connectivity index (χ3v) is 4.45. The first kappa shape index (κ1) is 11.1. The lowest BCUT2D eigenvalue weighted by Gasteiger charge is -2.11. The molecule has 1 aromatic rings. The van der Waals surface area contributed by atoms with Gasteiger partial charge in [-0.1, -0.05) is 0 Å². The molecule has 0 radical (unpaired) electrons. The molecule has 1 aromatic carbocycles. The summed E-state index contributed by atoms with van der Waals surface area (Å²) in [5.41, 5.74) is 6.77. The Morgan fingerprint density at radius 1 is 0.923 bits per heavy atom. The minimum Gasteiger partial charge on any atom is -0.398 e. The molecule has 0 saturated carbocycles. The van der Waals surface area contributed by atoms with E-state index in [9.17, 15) is 0 Å². The molecule has 1 rings (SSSR count). The lowest BCUT2D eigenvalue weighted by Crippen LogP contribution is -1.91. The van der Waals surface area contributed by atoms with Crippen LogP contribution in [0.2, 0.25) is 0 Å². The quantitative estimate of drug-likeness (QED) is 0.636. The van der Waals surface area contributed by atoms with Crippen molar-refractivity contribution in [2.24, 2.45) is 0 Å². The van der Waals surface area contributed by atoms with Gasteiger partial charge in [-0.15, -0.1) is 35.3 Å². The fraction of sp³-hybridized carbons (Fsp3) is 0.333. The van der Waals surface area contributed by atoms with Crippen molar-refractivity contribution in [3.8, 4) is 0 Å². The summed E-state index contributed by atoms with van der Waals surface area (Å²) in [6.07, 6.45) is 6.25. The number of nitrogens with two attached hydrogens (primary N) is 1. The zero-order chi connectivity index (χ0) is 9.84. The molecule has 72 valence electrons. The summed E-state index contributed by atoms with van der Waals surface area (Å²) in [4.78, 5) is 3.82. The van der Waals surface area contributed by atoms with Crippen molar-refractivity contribution >= 4 is 41.0 Å². The molecule has 0 aliphatic carbocycles. The smallest absolute Gasteiger partial charge is 0.0464 e. The van der Waals surface area contributed by atoms with Gasteiger partial charge in [0.05, 0.1) is 0 Å². The Bertz CT molecular complexity index is 299. The van der Waals surface area contributed by atoms with Crippen LogP contribution in [0.4, 0.5) is 5.69 Å². The highest BCUT2D eigenvalue weighted by Gasteiger charge is 2.09. The van der Waals surface area contributed by atoms with Crippen LogP contribution in [0.25, 0.3) is 0 Å². The van der Waals surface area contributed by atoms with E-state index in [2.05, 4.69) is 24.8 Å². The SMILES string of the molecule is CSc1ccc(N)c(SC)c1SC. The minimum absolute atomic E-state index is 0.884. The summed E-state index contributed by atoms with van der Waals surface area (Å²) in [5.74, 6) is 0. The first-order valence-electron chi connectivity index (χ1n) is 3.79. The summed E-state index contributed by atoms with van der Waals surface area (Å²) >= 11 is 5.25. The van der Waals surface area contributed by atoms with Gasteiger partial charge >= 0.3 is 0 Å².